The van der Waals surface area contributed by atoms with Crippen molar-refractivity contribution in [1.82, 2.24) is 15.2 Å². The largest absolute Gasteiger partial charge is 0.387 e. The Balaban J connectivity index is 1.91. The number of rotatable bonds is 3. The molecule has 0 unspecified atom stereocenters. The van der Waals surface area contributed by atoms with E-state index in [2.05, 4.69) is 38.4 Å². The SMILES string of the molecule is CC(N)=Nc1[nH]ncc1-c1ccc(C2=CC=CCC2)nc1. The summed E-state index contributed by atoms with van der Waals surface area (Å²) in [4.78, 5) is 8.79. The highest BCUT2D eigenvalue weighted by molar-refractivity contribution is 5.83. The molecule has 0 spiro atoms. The van der Waals surface area contributed by atoms with Crippen LogP contribution in [0.5, 0.6) is 0 Å². The molecule has 0 saturated heterocycles. The Morgan fingerprint density at radius 2 is 2.24 bits per heavy atom. The molecule has 0 radical (unpaired) electrons. The van der Waals surface area contributed by atoms with Crippen LogP contribution in [0.4, 0.5) is 5.82 Å². The van der Waals surface area contributed by atoms with Gasteiger partial charge in [0, 0.05) is 17.3 Å². The van der Waals surface area contributed by atoms with Crippen LogP contribution in [0, 0.1) is 0 Å². The molecule has 2 aromatic heterocycles. The molecule has 0 atom stereocenters. The third-order valence-corrected chi connectivity index (χ3v) is 3.32. The van der Waals surface area contributed by atoms with Crippen molar-refractivity contribution in [3.63, 3.8) is 0 Å². The van der Waals surface area contributed by atoms with Crippen LogP contribution in [-0.2, 0) is 0 Å². The maximum Gasteiger partial charge on any atom is 0.157 e. The molecule has 1 aliphatic rings. The number of H-pyrrole nitrogens is 1. The summed E-state index contributed by atoms with van der Waals surface area (Å²) >= 11 is 0. The van der Waals surface area contributed by atoms with Gasteiger partial charge < -0.3 is 5.73 Å². The van der Waals surface area contributed by atoms with Gasteiger partial charge in [-0.2, -0.15) is 5.10 Å². The first-order chi connectivity index (χ1) is 10.2. The average Bonchev–Trinajstić information content (AvgIpc) is 2.96. The number of aromatic amines is 1. The fraction of sp³-hybridized carbons (Fsp3) is 0.188. The second-order valence-corrected chi connectivity index (χ2v) is 4.98. The number of hydrogen-bond donors (Lipinski definition) is 2. The van der Waals surface area contributed by atoms with E-state index in [0.717, 1.165) is 29.7 Å². The van der Waals surface area contributed by atoms with E-state index in [9.17, 15) is 0 Å². The van der Waals surface area contributed by atoms with E-state index in [1.807, 2.05) is 18.3 Å². The van der Waals surface area contributed by atoms with E-state index in [-0.39, 0.29) is 0 Å². The molecule has 0 fully saturated rings. The predicted molar refractivity (Wildman–Crippen MR) is 85.1 cm³/mol. The molecule has 5 heteroatoms. The Kier molecular flexibility index (Phi) is 3.64. The molecule has 0 saturated carbocycles. The number of aliphatic imine (C=N–C) groups is 1. The van der Waals surface area contributed by atoms with Crippen LogP contribution in [0.25, 0.3) is 16.7 Å². The van der Waals surface area contributed by atoms with E-state index in [1.165, 1.54) is 5.57 Å². The maximum absolute atomic E-state index is 5.62. The van der Waals surface area contributed by atoms with Gasteiger partial charge in [-0.1, -0.05) is 24.3 Å². The van der Waals surface area contributed by atoms with Gasteiger partial charge in [0.05, 0.1) is 17.7 Å². The molecule has 2 aromatic rings. The summed E-state index contributed by atoms with van der Waals surface area (Å²) in [5, 5.41) is 6.88. The lowest BCUT2D eigenvalue weighted by Gasteiger charge is -2.08. The Labute approximate surface area is 123 Å². The number of nitrogens with zero attached hydrogens (tertiary/aromatic N) is 3. The number of hydrogen-bond acceptors (Lipinski definition) is 3. The average molecular weight is 279 g/mol. The predicted octanol–water partition coefficient (Wildman–Crippen LogP) is 3.21. The molecule has 2 heterocycles. The van der Waals surface area contributed by atoms with Crippen molar-refractivity contribution in [2.45, 2.75) is 19.8 Å². The van der Waals surface area contributed by atoms with E-state index < -0.39 is 0 Å². The van der Waals surface area contributed by atoms with Gasteiger partial charge in [-0.05, 0) is 31.4 Å². The van der Waals surface area contributed by atoms with Crippen LogP contribution in [0.3, 0.4) is 0 Å². The van der Waals surface area contributed by atoms with Gasteiger partial charge in [0.1, 0.15) is 0 Å². The third-order valence-electron chi connectivity index (χ3n) is 3.32. The first-order valence-electron chi connectivity index (χ1n) is 6.90. The number of nitrogens with two attached hydrogens (primary N) is 1. The molecule has 3 rings (SSSR count). The summed E-state index contributed by atoms with van der Waals surface area (Å²) in [6, 6.07) is 4.08. The Hall–Kier alpha value is -2.69. The molecule has 5 nitrogen and oxygen atoms in total. The topological polar surface area (TPSA) is 80.0 Å². The van der Waals surface area contributed by atoms with Gasteiger partial charge in [-0.15, -0.1) is 0 Å². The van der Waals surface area contributed by atoms with Crippen molar-refractivity contribution in [3.05, 3.63) is 48.4 Å². The minimum atomic E-state index is 0.490. The zero-order valence-electron chi connectivity index (χ0n) is 11.9. The van der Waals surface area contributed by atoms with E-state index >= 15 is 0 Å². The van der Waals surface area contributed by atoms with Gasteiger partial charge in [-0.3, -0.25) is 10.1 Å². The second-order valence-electron chi connectivity index (χ2n) is 4.98. The maximum atomic E-state index is 5.62. The highest BCUT2D eigenvalue weighted by Crippen LogP contribution is 2.29. The molecular formula is C16H17N5. The lowest BCUT2D eigenvalue weighted by atomic mass is 10.0. The van der Waals surface area contributed by atoms with Crippen LogP contribution in [0.2, 0.25) is 0 Å². The summed E-state index contributed by atoms with van der Waals surface area (Å²) in [7, 11) is 0. The van der Waals surface area contributed by atoms with Gasteiger partial charge in [-0.25, -0.2) is 4.99 Å². The van der Waals surface area contributed by atoms with Gasteiger partial charge in [0.2, 0.25) is 0 Å². The monoisotopic (exact) mass is 279 g/mol. The molecule has 0 aromatic carbocycles. The third kappa shape index (κ3) is 2.91. The standard InChI is InChI=1S/C16H17N5/c1-11(17)20-16-14(10-19-21-16)13-7-8-15(18-9-13)12-5-3-2-4-6-12/h2-3,5,7-10H,4,6H2,1H3,(H3,17,19,20,21). The first kappa shape index (κ1) is 13.3. The fourth-order valence-corrected chi connectivity index (χ4v) is 2.31. The summed E-state index contributed by atoms with van der Waals surface area (Å²) in [6.45, 7) is 1.75. The summed E-state index contributed by atoms with van der Waals surface area (Å²) < 4.78 is 0. The quantitative estimate of drug-likeness (QED) is 0.668. The van der Waals surface area contributed by atoms with E-state index in [1.54, 1.807) is 13.1 Å². The highest BCUT2D eigenvalue weighted by Gasteiger charge is 2.09. The molecule has 0 amide bonds. The number of nitrogens with one attached hydrogen (secondary N) is 1. The van der Waals surface area contributed by atoms with Crippen molar-refractivity contribution >= 4 is 17.2 Å². The Morgan fingerprint density at radius 3 is 2.90 bits per heavy atom. The van der Waals surface area contributed by atoms with Crippen LogP contribution >= 0.6 is 0 Å². The first-order valence-corrected chi connectivity index (χ1v) is 6.90. The molecular weight excluding hydrogens is 262 g/mol. The molecule has 3 N–H and O–H groups in total. The van der Waals surface area contributed by atoms with Gasteiger partial charge in [0.15, 0.2) is 5.82 Å². The number of allylic oxidation sites excluding steroid dienone is 4. The van der Waals surface area contributed by atoms with Crippen LogP contribution in [-0.4, -0.2) is 21.0 Å². The zero-order valence-corrected chi connectivity index (χ0v) is 11.9. The highest BCUT2D eigenvalue weighted by atomic mass is 15.2. The number of pyridine rings is 1. The van der Waals surface area contributed by atoms with Crippen LogP contribution in [0.1, 0.15) is 25.5 Å². The summed E-state index contributed by atoms with van der Waals surface area (Å²) in [5.41, 5.74) is 9.79. The van der Waals surface area contributed by atoms with E-state index in [4.69, 9.17) is 5.73 Å². The van der Waals surface area contributed by atoms with Gasteiger partial charge in [0.25, 0.3) is 0 Å². The van der Waals surface area contributed by atoms with Crippen molar-refractivity contribution in [2.24, 2.45) is 10.7 Å². The molecule has 0 bridgehead atoms. The lowest BCUT2D eigenvalue weighted by molar-refractivity contribution is 1.04. The summed E-state index contributed by atoms with van der Waals surface area (Å²) in [5.74, 6) is 1.15. The second kappa shape index (κ2) is 5.75. The van der Waals surface area contributed by atoms with E-state index in [0.29, 0.717) is 11.7 Å². The van der Waals surface area contributed by atoms with Gasteiger partial charge >= 0.3 is 0 Å². The van der Waals surface area contributed by atoms with Crippen molar-refractivity contribution < 1.29 is 0 Å². The summed E-state index contributed by atoms with van der Waals surface area (Å²) in [6.07, 6.45) is 12.1. The Bertz CT molecular complexity index is 715. The molecule has 21 heavy (non-hydrogen) atoms. The minimum absolute atomic E-state index is 0.490. The number of amidine groups is 1. The van der Waals surface area contributed by atoms with Crippen molar-refractivity contribution in [2.75, 3.05) is 0 Å². The van der Waals surface area contributed by atoms with Crippen LogP contribution < -0.4 is 5.73 Å². The molecule has 106 valence electrons. The van der Waals surface area contributed by atoms with Crippen molar-refractivity contribution in [1.29, 1.82) is 0 Å². The minimum Gasteiger partial charge on any atom is -0.387 e. The lowest BCUT2D eigenvalue weighted by Crippen LogP contribution is -2.04. The molecule has 0 aliphatic heterocycles. The van der Waals surface area contributed by atoms with Crippen LogP contribution in [0.15, 0.2) is 47.7 Å². The zero-order chi connectivity index (χ0) is 14.7. The fourth-order valence-electron chi connectivity index (χ4n) is 2.31. The normalized spacial score (nSPS) is 15.1. The Morgan fingerprint density at radius 1 is 1.33 bits per heavy atom. The smallest absolute Gasteiger partial charge is 0.157 e. The number of aromatic nitrogens is 3. The molecule has 1 aliphatic carbocycles. The van der Waals surface area contributed by atoms with Crippen molar-refractivity contribution in [3.8, 4) is 11.1 Å².